The maximum atomic E-state index is 5.46. The van der Waals surface area contributed by atoms with Crippen LogP contribution in [0.5, 0.6) is 5.88 Å². The molecule has 3 aromatic heterocycles. The quantitative estimate of drug-likeness (QED) is 0.521. The number of hydrogen-bond donors (Lipinski definition) is 0. The van der Waals surface area contributed by atoms with Crippen LogP contribution < -0.4 is 9.30 Å². The van der Waals surface area contributed by atoms with Gasteiger partial charge in [-0.3, -0.25) is 0 Å². The Morgan fingerprint density at radius 3 is 2.59 bits per heavy atom. The fourth-order valence-corrected chi connectivity index (χ4v) is 3.23. The van der Waals surface area contributed by atoms with Gasteiger partial charge in [-0.05, 0) is 24.3 Å². The normalized spacial score (nSPS) is 11.4. The minimum absolute atomic E-state index is 0.831. The summed E-state index contributed by atoms with van der Waals surface area (Å²) in [5.41, 5.74) is 2.39. The average Bonchev–Trinajstić information content (AvgIpc) is 3.07. The van der Waals surface area contributed by atoms with Crippen LogP contribution in [0.25, 0.3) is 27.8 Å². The lowest BCUT2D eigenvalue weighted by molar-refractivity contribution is -0.670. The molecular formula is C18H18N3O+. The van der Waals surface area contributed by atoms with E-state index in [9.17, 15) is 0 Å². The molecule has 0 atom stereocenters. The number of rotatable bonds is 2. The van der Waals surface area contributed by atoms with Crippen molar-refractivity contribution in [2.45, 2.75) is 0 Å². The highest BCUT2D eigenvalue weighted by molar-refractivity contribution is 6.08. The Bertz CT molecular complexity index is 994. The summed E-state index contributed by atoms with van der Waals surface area (Å²) in [6.45, 7) is 0. The molecular weight excluding hydrogens is 274 g/mol. The van der Waals surface area contributed by atoms with Crippen LogP contribution in [0.2, 0.25) is 0 Å². The Hall–Kier alpha value is -2.75. The van der Waals surface area contributed by atoms with Crippen molar-refractivity contribution in [2.24, 2.45) is 14.1 Å². The Morgan fingerprint density at radius 1 is 0.955 bits per heavy atom. The summed E-state index contributed by atoms with van der Waals surface area (Å²) < 4.78 is 12.0. The van der Waals surface area contributed by atoms with E-state index in [4.69, 9.17) is 4.74 Å². The van der Waals surface area contributed by atoms with Crippen LogP contribution in [0, 0.1) is 0 Å². The molecule has 4 heteroatoms. The second-order valence-corrected chi connectivity index (χ2v) is 5.50. The number of nitrogens with zero attached hydrogens (tertiary/aromatic N) is 3. The maximum Gasteiger partial charge on any atom is 0.290 e. The highest BCUT2D eigenvalue weighted by atomic mass is 16.5. The van der Waals surface area contributed by atoms with E-state index in [1.807, 2.05) is 19.2 Å². The minimum Gasteiger partial charge on any atom is -0.466 e. The van der Waals surface area contributed by atoms with Gasteiger partial charge < -0.3 is 9.30 Å². The lowest BCUT2D eigenvalue weighted by Gasteiger charge is -2.07. The first-order valence-electron chi connectivity index (χ1n) is 7.30. The maximum absolute atomic E-state index is 5.46. The number of aryl methyl sites for hydroxylation is 1. The van der Waals surface area contributed by atoms with Crippen molar-refractivity contribution in [1.29, 1.82) is 0 Å². The second kappa shape index (κ2) is 4.63. The standard InChI is InChI=1S/C18H18N3O/c1-19-12-11-14-13-7-4-5-8-15(13)21(18(14)19)16-9-6-10-17(22-3)20(16)2/h4-12H,1-3H3/q+1. The van der Waals surface area contributed by atoms with Crippen LogP contribution >= 0.6 is 0 Å². The summed E-state index contributed by atoms with van der Waals surface area (Å²) in [5.74, 6) is 1.91. The molecule has 0 amide bonds. The molecule has 0 saturated heterocycles. The zero-order chi connectivity index (χ0) is 15.3. The first-order valence-corrected chi connectivity index (χ1v) is 7.30. The molecule has 22 heavy (non-hydrogen) atoms. The summed E-state index contributed by atoms with van der Waals surface area (Å²) in [7, 11) is 5.81. The van der Waals surface area contributed by atoms with Gasteiger partial charge in [-0.25, -0.2) is 0 Å². The predicted octanol–water partition coefficient (Wildman–Crippen LogP) is 2.96. The predicted molar refractivity (Wildman–Crippen MR) is 87.5 cm³/mol. The number of fused-ring (bicyclic) bond motifs is 3. The second-order valence-electron chi connectivity index (χ2n) is 5.50. The molecule has 0 spiro atoms. The van der Waals surface area contributed by atoms with Gasteiger partial charge in [-0.1, -0.05) is 12.1 Å². The number of methoxy groups -OCH3 is 1. The van der Waals surface area contributed by atoms with Crippen LogP contribution in [0.15, 0.2) is 54.7 Å². The highest BCUT2D eigenvalue weighted by Gasteiger charge is 2.23. The number of benzene rings is 1. The number of aromatic nitrogens is 3. The zero-order valence-corrected chi connectivity index (χ0v) is 12.9. The number of hydrogen-bond acceptors (Lipinski definition) is 1. The van der Waals surface area contributed by atoms with Crippen LogP contribution in [0.1, 0.15) is 0 Å². The smallest absolute Gasteiger partial charge is 0.290 e. The molecule has 4 nitrogen and oxygen atoms in total. The van der Waals surface area contributed by atoms with Gasteiger partial charge >= 0.3 is 0 Å². The summed E-state index contributed by atoms with van der Waals surface area (Å²) in [4.78, 5) is 0. The first kappa shape index (κ1) is 13.0. The minimum atomic E-state index is 0.831. The van der Waals surface area contributed by atoms with Gasteiger partial charge in [0.1, 0.15) is 5.52 Å². The lowest BCUT2D eigenvalue weighted by Crippen LogP contribution is -2.35. The molecule has 0 radical (unpaired) electrons. The van der Waals surface area contributed by atoms with Gasteiger partial charge in [-0.2, -0.15) is 9.13 Å². The van der Waals surface area contributed by atoms with Crippen molar-refractivity contribution in [1.82, 2.24) is 9.13 Å². The summed E-state index contributed by atoms with van der Waals surface area (Å²) >= 11 is 0. The van der Waals surface area contributed by atoms with E-state index >= 15 is 0 Å². The van der Waals surface area contributed by atoms with Gasteiger partial charge in [0.05, 0.1) is 19.5 Å². The third-order valence-corrected chi connectivity index (χ3v) is 4.28. The number of pyridine rings is 1. The monoisotopic (exact) mass is 292 g/mol. The molecule has 0 N–H and O–H groups in total. The van der Waals surface area contributed by atoms with Gasteiger partial charge in [0.15, 0.2) is 0 Å². The third-order valence-electron chi connectivity index (χ3n) is 4.28. The fraction of sp³-hybridized carbons (Fsp3) is 0.167. The first-order chi connectivity index (χ1) is 10.7. The average molecular weight is 292 g/mol. The van der Waals surface area contributed by atoms with Crippen molar-refractivity contribution in [2.75, 3.05) is 7.11 Å². The molecule has 4 aromatic rings. The molecule has 4 rings (SSSR count). The summed E-state index contributed by atoms with van der Waals surface area (Å²) in [6, 6.07) is 16.8. The molecule has 0 fully saturated rings. The van der Waals surface area contributed by atoms with E-state index in [0.717, 1.165) is 11.7 Å². The zero-order valence-electron chi connectivity index (χ0n) is 12.9. The van der Waals surface area contributed by atoms with Crippen molar-refractivity contribution in [3.63, 3.8) is 0 Å². The van der Waals surface area contributed by atoms with Crippen LogP contribution in [0.4, 0.5) is 0 Å². The molecule has 0 aliphatic rings. The molecule has 0 unspecified atom stereocenters. The van der Waals surface area contributed by atoms with Crippen molar-refractivity contribution < 1.29 is 9.30 Å². The van der Waals surface area contributed by atoms with E-state index in [1.165, 1.54) is 21.9 Å². The number of para-hydroxylation sites is 1. The van der Waals surface area contributed by atoms with Crippen molar-refractivity contribution in [3.05, 3.63) is 54.7 Å². The van der Waals surface area contributed by atoms with E-state index < -0.39 is 0 Å². The van der Waals surface area contributed by atoms with Crippen LogP contribution in [-0.2, 0) is 14.1 Å². The van der Waals surface area contributed by atoms with Crippen LogP contribution in [0.3, 0.4) is 0 Å². The number of ether oxygens (including phenoxy) is 1. The van der Waals surface area contributed by atoms with E-state index in [0.29, 0.717) is 0 Å². The molecule has 110 valence electrons. The van der Waals surface area contributed by atoms with Crippen molar-refractivity contribution >= 4 is 21.9 Å². The largest absolute Gasteiger partial charge is 0.466 e. The van der Waals surface area contributed by atoms with Gasteiger partial charge in [0, 0.05) is 30.8 Å². The molecule has 3 heterocycles. The summed E-state index contributed by atoms with van der Waals surface area (Å²) in [5, 5.41) is 2.53. The molecule has 0 saturated carbocycles. The van der Waals surface area contributed by atoms with Gasteiger partial charge in [0.2, 0.25) is 5.65 Å². The van der Waals surface area contributed by atoms with E-state index in [-0.39, 0.29) is 0 Å². The fourth-order valence-electron chi connectivity index (χ4n) is 3.23. The Morgan fingerprint density at radius 2 is 1.77 bits per heavy atom. The van der Waals surface area contributed by atoms with Crippen molar-refractivity contribution in [3.8, 4) is 11.7 Å². The van der Waals surface area contributed by atoms with Gasteiger partial charge in [0.25, 0.3) is 11.7 Å². The lowest BCUT2D eigenvalue weighted by atomic mass is 10.2. The Kier molecular flexibility index (Phi) is 2.73. The molecule has 1 aromatic carbocycles. The Labute approximate surface area is 128 Å². The molecule has 0 aliphatic heterocycles. The van der Waals surface area contributed by atoms with Crippen LogP contribution in [-0.4, -0.2) is 16.2 Å². The Balaban J connectivity index is 2.19. The van der Waals surface area contributed by atoms with E-state index in [1.54, 1.807) is 7.11 Å². The summed E-state index contributed by atoms with van der Waals surface area (Å²) in [6.07, 6.45) is 2.10. The molecule has 0 bridgehead atoms. The molecule has 0 aliphatic carbocycles. The van der Waals surface area contributed by atoms with E-state index in [2.05, 4.69) is 63.3 Å². The SMILES string of the molecule is COc1cccc(-n2c3ccccc3c3ccn(C)c32)[n+]1C. The topological polar surface area (TPSA) is 23.0 Å². The third kappa shape index (κ3) is 1.61. The van der Waals surface area contributed by atoms with Gasteiger partial charge in [-0.15, -0.1) is 0 Å². The highest BCUT2D eigenvalue weighted by Crippen LogP contribution is 2.31.